The summed E-state index contributed by atoms with van der Waals surface area (Å²) in [5.74, 6) is -0.202. The molecule has 12 unspecified atom stereocenters. The van der Waals surface area contributed by atoms with E-state index in [2.05, 4.69) is 67.8 Å². The highest BCUT2D eigenvalue weighted by molar-refractivity contribution is 5.76. The van der Waals surface area contributed by atoms with E-state index in [0.29, 0.717) is 12.8 Å². The van der Waals surface area contributed by atoms with Crippen molar-refractivity contribution >= 4 is 5.91 Å². The molecule has 2 rings (SSSR count). The summed E-state index contributed by atoms with van der Waals surface area (Å²) in [6.07, 6.45) is 55.9. The lowest BCUT2D eigenvalue weighted by Gasteiger charge is -2.46. The summed E-state index contributed by atoms with van der Waals surface area (Å²) in [4.78, 5) is 13.3. The topological polar surface area (TPSA) is 228 Å². The Morgan fingerprint density at radius 2 is 0.812 bits per heavy atom. The van der Waals surface area contributed by atoms with Crippen LogP contribution in [0.4, 0.5) is 0 Å². The lowest BCUT2D eigenvalue weighted by atomic mass is 9.97. The van der Waals surface area contributed by atoms with Crippen LogP contribution >= 0.6 is 0 Å². The maximum absolute atomic E-state index is 13.3. The summed E-state index contributed by atoms with van der Waals surface area (Å²) in [5.41, 5.74) is 0. The molecule has 2 aliphatic heterocycles. The zero-order chi connectivity index (χ0) is 61.6. The van der Waals surface area contributed by atoms with Crippen molar-refractivity contribution in [1.82, 2.24) is 5.32 Å². The molecule has 0 bridgehead atoms. The molecule has 0 aromatic heterocycles. The first-order valence-corrected chi connectivity index (χ1v) is 35.4. The molecule has 14 heteroatoms. The van der Waals surface area contributed by atoms with Crippen molar-refractivity contribution in [3.05, 3.63) is 48.6 Å². The minimum atomic E-state index is -1.78. The van der Waals surface area contributed by atoms with Gasteiger partial charge in [-0.15, -0.1) is 0 Å². The van der Waals surface area contributed by atoms with Crippen LogP contribution in [0.2, 0.25) is 0 Å². The maximum Gasteiger partial charge on any atom is 0.220 e. The van der Waals surface area contributed by atoms with Gasteiger partial charge < -0.3 is 65.1 Å². The number of hydrogen-bond acceptors (Lipinski definition) is 13. The van der Waals surface area contributed by atoms with Crippen molar-refractivity contribution in [3.8, 4) is 0 Å². The first kappa shape index (κ1) is 79.0. The average Bonchev–Trinajstić information content (AvgIpc) is 3.60. The van der Waals surface area contributed by atoms with Gasteiger partial charge in [-0.25, -0.2) is 0 Å². The smallest absolute Gasteiger partial charge is 0.220 e. The molecule has 0 aromatic rings. The molecule has 2 aliphatic rings. The van der Waals surface area contributed by atoms with Gasteiger partial charge in [0.15, 0.2) is 12.6 Å². The van der Waals surface area contributed by atoms with Crippen molar-refractivity contribution < 1.29 is 64.6 Å². The van der Waals surface area contributed by atoms with E-state index in [1.807, 2.05) is 0 Å². The summed E-state index contributed by atoms with van der Waals surface area (Å²) in [5, 5.41) is 87.3. The summed E-state index contributed by atoms with van der Waals surface area (Å²) in [6.45, 7) is 2.76. The molecular weight excluding hydrogens is 1070 g/mol. The maximum atomic E-state index is 13.3. The summed E-state index contributed by atoms with van der Waals surface area (Å²) in [7, 11) is 0. The largest absolute Gasteiger partial charge is 0.394 e. The Bertz CT molecular complexity index is 1610. The van der Waals surface area contributed by atoms with Gasteiger partial charge in [-0.1, -0.05) is 294 Å². The second-order valence-electron chi connectivity index (χ2n) is 25.0. The molecular formula is C71H131NO13. The third-order valence-electron chi connectivity index (χ3n) is 17.3. The lowest BCUT2D eigenvalue weighted by Crippen LogP contribution is -2.65. The van der Waals surface area contributed by atoms with Gasteiger partial charge >= 0.3 is 0 Å². The molecule has 14 nitrogen and oxygen atoms in total. The normalized spacial score (nSPS) is 23.8. The van der Waals surface area contributed by atoms with Crippen molar-refractivity contribution in [2.45, 2.75) is 376 Å². The fraction of sp³-hybridized carbons (Fsp3) is 0.873. The van der Waals surface area contributed by atoms with E-state index in [1.165, 1.54) is 199 Å². The molecule has 2 heterocycles. The predicted octanol–water partition coefficient (Wildman–Crippen LogP) is 14.3. The second kappa shape index (κ2) is 56.0. The van der Waals surface area contributed by atoms with Gasteiger partial charge in [0.25, 0.3) is 0 Å². The standard InChI is InChI=1S/C71H131NO13/c1-3-5-7-9-11-13-15-17-18-19-20-21-22-23-24-25-26-27-28-29-30-31-32-33-34-35-36-37-38-39-40-41-42-43-45-47-49-51-53-55-63(76)72-59(60(75)54-52-50-48-46-44-16-14-12-10-8-6-4-2)58-82-70-68(81)66(79)69(62(57-74)84-70)85-71-67(80)65(78)64(77)61(56-73)83-71/h5,7,11,13,17-18,20-21,59-62,64-71,73-75,77-81H,3-4,6,8-10,12,14-16,19,22-58H2,1-2H3,(H,72,76)/b7-5-,13-11-,18-17-,21-20-. The predicted molar refractivity (Wildman–Crippen MR) is 346 cm³/mol. The van der Waals surface area contributed by atoms with E-state index in [4.69, 9.17) is 18.9 Å². The molecule has 1 amide bonds. The molecule has 2 fully saturated rings. The molecule has 0 radical (unpaired) electrons. The number of nitrogens with one attached hydrogen (secondary N) is 1. The van der Waals surface area contributed by atoms with Crippen LogP contribution in [0, 0.1) is 0 Å². The first-order valence-electron chi connectivity index (χ1n) is 35.4. The minimum absolute atomic E-state index is 0.202. The van der Waals surface area contributed by atoms with E-state index in [1.54, 1.807) is 0 Å². The van der Waals surface area contributed by atoms with Gasteiger partial charge in [-0.05, 0) is 51.4 Å². The van der Waals surface area contributed by atoms with Gasteiger partial charge in [0.1, 0.15) is 48.8 Å². The molecule has 9 N–H and O–H groups in total. The first-order chi connectivity index (χ1) is 41.6. The van der Waals surface area contributed by atoms with Gasteiger partial charge in [0.2, 0.25) is 5.91 Å². The monoisotopic (exact) mass is 1210 g/mol. The van der Waals surface area contributed by atoms with Crippen LogP contribution in [0.3, 0.4) is 0 Å². The number of aliphatic hydroxyl groups is 8. The van der Waals surface area contributed by atoms with Crippen LogP contribution in [0.25, 0.3) is 0 Å². The summed E-state index contributed by atoms with van der Waals surface area (Å²) in [6, 6.07) is -0.826. The molecule has 0 aromatic carbocycles. The quantitative estimate of drug-likeness (QED) is 0.0204. The van der Waals surface area contributed by atoms with E-state index in [-0.39, 0.29) is 12.5 Å². The fourth-order valence-electron chi connectivity index (χ4n) is 11.7. The van der Waals surface area contributed by atoms with Crippen LogP contribution < -0.4 is 5.32 Å². The number of carbonyl (C=O) groups is 1. The number of unbranched alkanes of at least 4 members (excludes halogenated alkanes) is 37. The van der Waals surface area contributed by atoms with Crippen LogP contribution in [-0.2, 0) is 23.7 Å². The summed E-state index contributed by atoms with van der Waals surface area (Å²) >= 11 is 0. The van der Waals surface area contributed by atoms with E-state index >= 15 is 0 Å². The molecule has 0 saturated carbocycles. The number of hydrogen-bond donors (Lipinski definition) is 9. The van der Waals surface area contributed by atoms with Gasteiger partial charge in [0, 0.05) is 6.42 Å². The van der Waals surface area contributed by atoms with E-state index in [0.717, 1.165) is 77.0 Å². The highest BCUT2D eigenvalue weighted by Gasteiger charge is 2.51. The lowest BCUT2D eigenvalue weighted by molar-refractivity contribution is -0.359. The highest BCUT2D eigenvalue weighted by Crippen LogP contribution is 2.30. The number of ether oxygens (including phenoxy) is 4. The number of allylic oxidation sites excluding steroid dienone is 8. The van der Waals surface area contributed by atoms with Crippen molar-refractivity contribution in [1.29, 1.82) is 0 Å². The fourth-order valence-corrected chi connectivity index (χ4v) is 11.7. The van der Waals surface area contributed by atoms with Crippen molar-refractivity contribution in [3.63, 3.8) is 0 Å². The molecule has 12 atom stereocenters. The van der Waals surface area contributed by atoms with Crippen molar-refractivity contribution in [2.75, 3.05) is 19.8 Å². The van der Waals surface area contributed by atoms with E-state index < -0.39 is 86.8 Å². The molecule has 85 heavy (non-hydrogen) atoms. The van der Waals surface area contributed by atoms with Gasteiger partial charge in [-0.3, -0.25) is 4.79 Å². The average molecular weight is 1210 g/mol. The number of amides is 1. The Morgan fingerprint density at radius 3 is 1.25 bits per heavy atom. The molecule has 0 spiro atoms. The highest BCUT2D eigenvalue weighted by atomic mass is 16.7. The van der Waals surface area contributed by atoms with Crippen LogP contribution in [0.5, 0.6) is 0 Å². The molecule has 2 saturated heterocycles. The molecule has 498 valence electrons. The Balaban J connectivity index is 1.53. The third kappa shape index (κ3) is 40.3. The van der Waals surface area contributed by atoms with Gasteiger partial charge in [-0.2, -0.15) is 0 Å². The Hall–Kier alpha value is -2.05. The SMILES string of the molecule is CC/C=C\C/C=C\C/C=C\C/C=C\CCCCCCCCCCCCCCCCCCCCCCCCCCCCC(=O)NC(COC1OC(CO)C(OC2OC(CO)C(O)C(O)C2O)C(O)C1O)C(O)CCCCCCCCCCCCCC. The third-order valence-corrected chi connectivity index (χ3v) is 17.3. The molecule has 0 aliphatic carbocycles. The van der Waals surface area contributed by atoms with Crippen molar-refractivity contribution in [2.24, 2.45) is 0 Å². The zero-order valence-corrected chi connectivity index (χ0v) is 54.1. The Kier molecular flexibility index (Phi) is 52.1. The Labute approximate surface area is 518 Å². The minimum Gasteiger partial charge on any atom is -0.394 e. The summed E-state index contributed by atoms with van der Waals surface area (Å²) < 4.78 is 22.9. The van der Waals surface area contributed by atoms with Gasteiger partial charge in [0.05, 0.1) is 32.0 Å². The van der Waals surface area contributed by atoms with E-state index in [9.17, 15) is 45.6 Å². The number of carbonyl (C=O) groups excluding carboxylic acids is 1. The Morgan fingerprint density at radius 1 is 0.435 bits per heavy atom. The van der Waals surface area contributed by atoms with Crippen LogP contribution in [0.15, 0.2) is 48.6 Å². The number of aliphatic hydroxyl groups excluding tert-OH is 8. The zero-order valence-electron chi connectivity index (χ0n) is 54.1. The van der Waals surface area contributed by atoms with Crippen LogP contribution in [-0.4, -0.2) is 140 Å². The second-order valence-corrected chi connectivity index (χ2v) is 25.0. The van der Waals surface area contributed by atoms with Crippen LogP contribution in [0.1, 0.15) is 303 Å². The number of rotatable bonds is 58.